The number of nitrogens with zero attached hydrogens (tertiary/aromatic N) is 3. The topological polar surface area (TPSA) is 83.1 Å². The lowest BCUT2D eigenvalue weighted by molar-refractivity contribution is -0.122. The summed E-state index contributed by atoms with van der Waals surface area (Å²) < 4.78 is 0. The molecular formula is C7H11N5O. The molecule has 0 radical (unpaired) electrons. The predicted molar refractivity (Wildman–Crippen MR) is 48.2 cm³/mol. The second-order valence-electron chi connectivity index (χ2n) is 2.96. The molecule has 70 valence electrons. The van der Waals surface area contributed by atoms with Crippen LogP contribution in [0.2, 0.25) is 0 Å². The van der Waals surface area contributed by atoms with Gasteiger partial charge >= 0.3 is 0 Å². The Balaban J connectivity index is 2.28. The van der Waals surface area contributed by atoms with Crippen LogP contribution in [0.3, 0.4) is 0 Å². The first-order valence-electron chi connectivity index (χ1n) is 4.15. The molecule has 1 amide bonds. The lowest BCUT2D eigenvalue weighted by Gasteiger charge is -2.26. The monoisotopic (exact) mass is 181 g/mol. The summed E-state index contributed by atoms with van der Waals surface area (Å²) in [6, 6.07) is -0.424. The fraction of sp³-hybridized carbons (Fsp3) is 0.571. The number of hydrogen-bond donors (Lipinski definition) is 2. The number of guanidine groups is 1. The lowest BCUT2D eigenvalue weighted by Crippen LogP contribution is -2.53. The van der Waals surface area contributed by atoms with Crippen LogP contribution in [0.4, 0.5) is 0 Å². The van der Waals surface area contributed by atoms with Crippen LogP contribution < -0.4 is 11.1 Å². The number of amides is 1. The number of aliphatic imine (C=N–C) groups is 2. The van der Waals surface area contributed by atoms with Crippen molar-refractivity contribution in [2.24, 2.45) is 15.7 Å². The molecule has 0 saturated carbocycles. The maximum atomic E-state index is 11.3. The molecule has 2 atom stereocenters. The number of fused-ring (bicyclic) bond motifs is 1. The summed E-state index contributed by atoms with van der Waals surface area (Å²) in [5, 5.41) is 2.44. The number of hydrogen-bond acceptors (Lipinski definition) is 5. The Morgan fingerprint density at radius 3 is 3.23 bits per heavy atom. The van der Waals surface area contributed by atoms with Gasteiger partial charge in [0.2, 0.25) is 0 Å². The highest BCUT2D eigenvalue weighted by molar-refractivity contribution is 6.02. The van der Waals surface area contributed by atoms with Crippen LogP contribution in [0.1, 0.15) is 6.92 Å². The maximum Gasteiger partial charge on any atom is 0.255 e. The molecule has 2 unspecified atom stereocenters. The third kappa shape index (κ3) is 1.14. The fourth-order valence-corrected chi connectivity index (χ4v) is 1.48. The van der Waals surface area contributed by atoms with Gasteiger partial charge in [-0.25, -0.2) is 4.99 Å². The summed E-state index contributed by atoms with van der Waals surface area (Å²) in [5.74, 6) is -0.0000926. The third-order valence-electron chi connectivity index (χ3n) is 2.15. The van der Waals surface area contributed by atoms with E-state index < -0.39 is 6.04 Å². The Bertz CT molecular complexity index is 297. The number of carbonyl (C=O) groups is 1. The Kier molecular flexibility index (Phi) is 1.68. The van der Waals surface area contributed by atoms with Crippen LogP contribution in [-0.4, -0.2) is 41.9 Å². The van der Waals surface area contributed by atoms with E-state index in [4.69, 9.17) is 5.73 Å². The average Bonchev–Trinajstić information content (AvgIpc) is 2.47. The van der Waals surface area contributed by atoms with Crippen molar-refractivity contribution in [3.8, 4) is 0 Å². The van der Waals surface area contributed by atoms with E-state index in [1.165, 1.54) is 0 Å². The van der Waals surface area contributed by atoms with Gasteiger partial charge in [0.1, 0.15) is 0 Å². The molecule has 0 saturated heterocycles. The van der Waals surface area contributed by atoms with Crippen LogP contribution in [-0.2, 0) is 4.79 Å². The Labute approximate surface area is 75.5 Å². The molecule has 0 bridgehead atoms. The van der Waals surface area contributed by atoms with Crippen molar-refractivity contribution >= 4 is 18.2 Å². The van der Waals surface area contributed by atoms with Crippen molar-refractivity contribution in [3.05, 3.63) is 0 Å². The number of likely N-dealkylation sites (N-methyl/N-ethyl adjacent to an activating group) is 1. The second-order valence-corrected chi connectivity index (χ2v) is 2.96. The predicted octanol–water partition coefficient (Wildman–Crippen LogP) is -1.51. The first kappa shape index (κ1) is 8.03. The van der Waals surface area contributed by atoms with Gasteiger partial charge in [-0.05, 0) is 6.92 Å². The minimum Gasteiger partial charge on any atom is -0.370 e. The van der Waals surface area contributed by atoms with E-state index in [2.05, 4.69) is 15.3 Å². The number of rotatable bonds is 1. The molecule has 2 rings (SSSR count). The fourth-order valence-electron chi connectivity index (χ4n) is 1.48. The highest BCUT2D eigenvalue weighted by Crippen LogP contribution is 2.17. The highest BCUT2D eigenvalue weighted by Gasteiger charge is 2.38. The molecular weight excluding hydrogens is 170 g/mol. The maximum absolute atomic E-state index is 11.3. The SMILES string of the molecule is CCN1C=NC2C(=O)NC(N)=NC21. The van der Waals surface area contributed by atoms with Gasteiger partial charge in [0.15, 0.2) is 18.2 Å². The molecule has 0 spiro atoms. The van der Waals surface area contributed by atoms with E-state index in [0.29, 0.717) is 0 Å². The summed E-state index contributed by atoms with van der Waals surface area (Å²) >= 11 is 0. The molecule has 2 heterocycles. The molecule has 0 aromatic heterocycles. The van der Waals surface area contributed by atoms with Gasteiger partial charge in [0.25, 0.3) is 5.91 Å². The third-order valence-corrected chi connectivity index (χ3v) is 2.15. The summed E-state index contributed by atoms with van der Waals surface area (Å²) in [6.07, 6.45) is 1.41. The zero-order valence-corrected chi connectivity index (χ0v) is 7.27. The number of nitrogens with one attached hydrogen (secondary N) is 1. The molecule has 2 aliphatic rings. The van der Waals surface area contributed by atoms with E-state index in [1.54, 1.807) is 6.34 Å². The zero-order valence-electron chi connectivity index (χ0n) is 7.27. The molecule has 0 aromatic carbocycles. The molecule has 13 heavy (non-hydrogen) atoms. The summed E-state index contributed by atoms with van der Waals surface area (Å²) in [5.41, 5.74) is 5.43. The summed E-state index contributed by atoms with van der Waals surface area (Å²) in [6.45, 7) is 2.75. The van der Waals surface area contributed by atoms with Gasteiger partial charge in [-0.2, -0.15) is 0 Å². The van der Waals surface area contributed by atoms with Crippen LogP contribution in [0.5, 0.6) is 0 Å². The average molecular weight is 181 g/mol. The molecule has 2 aliphatic heterocycles. The van der Waals surface area contributed by atoms with Crippen molar-refractivity contribution in [3.63, 3.8) is 0 Å². The van der Waals surface area contributed by atoms with Crippen molar-refractivity contribution in [1.29, 1.82) is 0 Å². The van der Waals surface area contributed by atoms with E-state index >= 15 is 0 Å². The number of nitrogens with two attached hydrogens (primary N) is 1. The van der Waals surface area contributed by atoms with Crippen LogP contribution in [0.25, 0.3) is 0 Å². The molecule has 3 N–H and O–H groups in total. The van der Waals surface area contributed by atoms with Crippen LogP contribution in [0, 0.1) is 0 Å². The lowest BCUT2D eigenvalue weighted by atomic mass is 10.2. The minimum atomic E-state index is -0.424. The van der Waals surface area contributed by atoms with Crippen molar-refractivity contribution in [2.75, 3.05) is 6.54 Å². The van der Waals surface area contributed by atoms with E-state index in [9.17, 15) is 4.79 Å². The van der Waals surface area contributed by atoms with E-state index in [1.807, 2.05) is 11.8 Å². The van der Waals surface area contributed by atoms with Gasteiger partial charge in [-0.1, -0.05) is 0 Å². The van der Waals surface area contributed by atoms with Crippen LogP contribution >= 0.6 is 0 Å². The smallest absolute Gasteiger partial charge is 0.255 e. The van der Waals surface area contributed by atoms with Crippen molar-refractivity contribution < 1.29 is 4.79 Å². The quantitative estimate of drug-likeness (QED) is 0.516. The van der Waals surface area contributed by atoms with Gasteiger partial charge in [0.05, 0.1) is 6.34 Å². The molecule has 0 aliphatic carbocycles. The van der Waals surface area contributed by atoms with Crippen molar-refractivity contribution in [2.45, 2.75) is 19.1 Å². The largest absolute Gasteiger partial charge is 0.370 e. The molecule has 0 fully saturated rings. The van der Waals surface area contributed by atoms with Gasteiger partial charge in [-0.3, -0.25) is 15.1 Å². The Morgan fingerprint density at radius 1 is 1.77 bits per heavy atom. The van der Waals surface area contributed by atoms with E-state index in [-0.39, 0.29) is 18.0 Å². The molecule has 0 aromatic rings. The first-order chi connectivity index (χ1) is 6.22. The van der Waals surface area contributed by atoms with Gasteiger partial charge < -0.3 is 10.6 Å². The molecule has 6 heteroatoms. The van der Waals surface area contributed by atoms with Crippen LogP contribution in [0.15, 0.2) is 9.98 Å². The van der Waals surface area contributed by atoms with Crippen molar-refractivity contribution in [1.82, 2.24) is 10.2 Å². The second kappa shape index (κ2) is 2.72. The van der Waals surface area contributed by atoms with Gasteiger partial charge in [-0.15, -0.1) is 0 Å². The standard InChI is InChI=1S/C7H11N5O/c1-2-12-3-9-4-5(12)10-7(8)11-6(4)13/h3-5H,2H2,1H3,(H3,8,10,11,13). The highest BCUT2D eigenvalue weighted by atomic mass is 16.2. The van der Waals surface area contributed by atoms with Gasteiger partial charge in [0, 0.05) is 6.54 Å². The zero-order chi connectivity index (χ0) is 9.42. The normalized spacial score (nSPS) is 31.3. The summed E-state index contributed by atoms with van der Waals surface area (Å²) in [4.78, 5) is 21.4. The number of carbonyl (C=O) groups excluding carboxylic acids is 1. The Hall–Kier alpha value is -1.59. The Morgan fingerprint density at radius 2 is 2.54 bits per heavy atom. The van der Waals surface area contributed by atoms with E-state index in [0.717, 1.165) is 6.54 Å². The molecule has 6 nitrogen and oxygen atoms in total. The first-order valence-corrected chi connectivity index (χ1v) is 4.15. The minimum absolute atomic E-state index is 0.176. The summed E-state index contributed by atoms with van der Waals surface area (Å²) in [7, 11) is 0.